The third-order valence-electron chi connectivity index (χ3n) is 3.97. The Labute approximate surface area is 144 Å². The van der Waals surface area contributed by atoms with Crippen LogP contribution in [-0.2, 0) is 11.2 Å². The van der Waals surface area contributed by atoms with Gasteiger partial charge in [0.2, 0.25) is 0 Å². The number of hydrogen-bond acceptors (Lipinski definition) is 4. The van der Waals surface area contributed by atoms with E-state index < -0.39 is 0 Å². The molecule has 0 aromatic heterocycles. The second-order valence-corrected chi connectivity index (χ2v) is 5.95. The minimum atomic E-state index is 0.00831. The third kappa shape index (κ3) is 6.32. The van der Waals surface area contributed by atoms with Crippen LogP contribution in [0, 0.1) is 0 Å². The lowest BCUT2D eigenvalue weighted by Gasteiger charge is -2.28. The number of hydrogen-bond donors (Lipinski definition) is 2. The maximum atomic E-state index is 9.46. The van der Waals surface area contributed by atoms with E-state index in [0.717, 1.165) is 12.0 Å². The molecule has 0 saturated carbocycles. The first-order valence-corrected chi connectivity index (χ1v) is 8.57. The first-order valence-electron chi connectivity index (χ1n) is 8.57. The molecule has 0 aliphatic carbocycles. The summed E-state index contributed by atoms with van der Waals surface area (Å²) in [7, 11) is 0. The predicted octanol–water partition coefficient (Wildman–Crippen LogP) is 4.18. The molecule has 2 N–H and O–H groups in total. The maximum Gasteiger partial charge on any atom is 0.115 e. The summed E-state index contributed by atoms with van der Waals surface area (Å²) in [5.41, 5.74) is 2.54. The van der Waals surface area contributed by atoms with Gasteiger partial charge >= 0.3 is 0 Å². The van der Waals surface area contributed by atoms with Crippen molar-refractivity contribution in [3.63, 3.8) is 0 Å². The van der Waals surface area contributed by atoms with E-state index in [1.54, 1.807) is 24.3 Å². The van der Waals surface area contributed by atoms with E-state index in [0.29, 0.717) is 25.4 Å². The van der Waals surface area contributed by atoms with Crippen molar-refractivity contribution in [1.82, 2.24) is 5.06 Å². The molecule has 1 atom stereocenters. The van der Waals surface area contributed by atoms with Gasteiger partial charge in [-0.2, -0.15) is 5.06 Å². The van der Waals surface area contributed by atoms with Crippen molar-refractivity contribution in [2.45, 2.75) is 32.3 Å². The second-order valence-electron chi connectivity index (χ2n) is 5.95. The largest absolute Gasteiger partial charge is 0.508 e. The molecule has 0 spiro atoms. The molecule has 4 nitrogen and oxygen atoms in total. The van der Waals surface area contributed by atoms with Crippen LogP contribution in [0.4, 0.5) is 0 Å². The summed E-state index contributed by atoms with van der Waals surface area (Å²) in [6.45, 7) is 3.97. The monoisotopic (exact) mass is 329 g/mol. The smallest absolute Gasteiger partial charge is 0.115 e. The van der Waals surface area contributed by atoms with Crippen LogP contribution in [0.5, 0.6) is 5.75 Å². The van der Waals surface area contributed by atoms with Gasteiger partial charge in [-0.3, -0.25) is 0 Å². The molecule has 24 heavy (non-hydrogen) atoms. The van der Waals surface area contributed by atoms with Crippen LogP contribution >= 0.6 is 0 Å². The van der Waals surface area contributed by atoms with E-state index in [2.05, 4.69) is 31.2 Å². The van der Waals surface area contributed by atoms with Crippen molar-refractivity contribution < 1.29 is 15.1 Å². The normalized spacial score (nSPS) is 17.8. The molecule has 0 amide bonds. The molecule has 2 aromatic carbocycles. The molecule has 0 radical (unpaired) electrons. The lowest BCUT2D eigenvalue weighted by molar-refractivity contribution is -0.170. The van der Waals surface area contributed by atoms with E-state index in [1.807, 2.05) is 6.07 Å². The van der Waals surface area contributed by atoms with Crippen LogP contribution in [0.15, 0.2) is 54.6 Å². The lowest BCUT2D eigenvalue weighted by Crippen LogP contribution is -2.35. The average molecular weight is 329 g/mol. The summed E-state index contributed by atoms with van der Waals surface area (Å²) in [5.74, 6) is 0.322. The Morgan fingerprint density at radius 1 is 1.08 bits per heavy atom. The van der Waals surface area contributed by atoms with Crippen LogP contribution in [0.2, 0.25) is 0 Å². The van der Waals surface area contributed by atoms with Gasteiger partial charge < -0.3 is 15.1 Å². The fourth-order valence-electron chi connectivity index (χ4n) is 2.55. The molecule has 4 heteroatoms. The molecule has 1 heterocycles. The fourth-order valence-corrected chi connectivity index (χ4v) is 2.55. The minimum absolute atomic E-state index is 0.00831. The maximum absolute atomic E-state index is 9.46. The number of unbranched alkanes of at least 4 members (excludes halogenated alkanes) is 1. The van der Waals surface area contributed by atoms with Gasteiger partial charge in [-0.1, -0.05) is 55.8 Å². The van der Waals surface area contributed by atoms with E-state index in [9.17, 15) is 5.21 Å². The van der Waals surface area contributed by atoms with Crippen molar-refractivity contribution in [1.29, 1.82) is 0 Å². The van der Waals surface area contributed by atoms with Crippen LogP contribution in [-0.4, -0.2) is 35.1 Å². The van der Waals surface area contributed by atoms with Gasteiger partial charge in [-0.15, -0.1) is 0 Å². The Bertz CT molecular complexity index is 571. The number of rotatable bonds is 4. The van der Waals surface area contributed by atoms with Gasteiger partial charge in [0, 0.05) is 6.54 Å². The molecule has 2 aromatic rings. The average Bonchev–Trinajstić information content (AvgIpc) is 2.62. The Hall–Kier alpha value is -1.88. The number of benzene rings is 2. The van der Waals surface area contributed by atoms with Crippen LogP contribution in [0.3, 0.4) is 0 Å². The molecule has 1 unspecified atom stereocenters. The number of ether oxygens (including phenoxy) is 1. The highest BCUT2D eigenvalue weighted by Crippen LogP contribution is 2.22. The quantitative estimate of drug-likeness (QED) is 0.883. The van der Waals surface area contributed by atoms with Crippen LogP contribution in [0.1, 0.15) is 37.0 Å². The second kappa shape index (κ2) is 10.1. The number of phenolic OH excluding ortho intramolecular Hbond substituents is 1. The van der Waals surface area contributed by atoms with Gasteiger partial charge in [-0.05, 0) is 36.1 Å². The highest BCUT2D eigenvalue weighted by atomic mass is 16.5. The molecule has 0 bridgehead atoms. The van der Waals surface area contributed by atoms with E-state index in [4.69, 9.17) is 9.84 Å². The first kappa shape index (κ1) is 18.5. The number of para-hydroxylation sites is 1. The molecule has 130 valence electrons. The van der Waals surface area contributed by atoms with Gasteiger partial charge in [0.15, 0.2) is 0 Å². The van der Waals surface area contributed by atoms with Crippen LogP contribution in [0.25, 0.3) is 0 Å². The van der Waals surface area contributed by atoms with Gasteiger partial charge in [0.05, 0.1) is 19.3 Å². The molecule has 3 rings (SSSR count). The zero-order chi connectivity index (χ0) is 17.2. The zero-order valence-corrected chi connectivity index (χ0v) is 14.3. The minimum Gasteiger partial charge on any atom is -0.508 e. The topological polar surface area (TPSA) is 52.9 Å². The Morgan fingerprint density at radius 3 is 2.33 bits per heavy atom. The van der Waals surface area contributed by atoms with E-state index >= 15 is 0 Å². The Kier molecular flexibility index (Phi) is 7.75. The highest BCUT2D eigenvalue weighted by molar-refractivity contribution is 5.25. The Morgan fingerprint density at radius 2 is 1.79 bits per heavy atom. The molecule has 1 fully saturated rings. The summed E-state index contributed by atoms with van der Waals surface area (Å²) in [5, 5.41) is 19.4. The zero-order valence-electron chi connectivity index (χ0n) is 14.3. The third-order valence-corrected chi connectivity index (χ3v) is 3.97. The van der Waals surface area contributed by atoms with Crippen LogP contribution < -0.4 is 0 Å². The van der Waals surface area contributed by atoms with Gasteiger partial charge in [0.25, 0.3) is 0 Å². The van der Waals surface area contributed by atoms with Crippen molar-refractivity contribution in [2.75, 3.05) is 19.7 Å². The molecule has 1 saturated heterocycles. The molecular weight excluding hydrogens is 302 g/mol. The van der Waals surface area contributed by atoms with Crippen molar-refractivity contribution in [3.8, 4) is 5.75 Å². The number of hydroxylamine groups is 2. The Balaban J connectivity index is 0.000000249. The molecular formula is C20H27NO3. The number of aryl methyl sites for hydroxylation is 1. The number of aromatic hydroxyl groups is 1. The highest BCUT2D eigenvalue weighted by Gasteiger charge is 2.20. The first-order chi connectivity index (χ1) is 11.7. The van der Waals surface area contributed by atoms with Crippen molar-refractivity contribution >= 4 is 0 Å². The number of nitrogens with zero attached hydrogens (tertiary/aromatic N) is 1. The SMILES string of the molecule is CCCCc1ccc(C2CN(O)CCO2)cc1.Oc1ccccc1. The summed E-state index contributed by atoms with van der Waals surface area (Å²) in [6.07, 6.45) is 3.62. The molecule has 1 aliphatic rings. The van der Waals surface area contributed by atoms with Gasteiger partial charge in [-0.25, -0.2) is 0 Å². The van der Waals surface area contributed by atoms with E-state index in [-0.39, 0.29) is 6.10 Å². The fraction of sp³-hybridized carbons (Fsp3) is 0.400. The summed E-state index contributed by atoms with van der Waals surface area (Å²) in [6, 6.07) is 17.3. The summed E-state index contributed by atoms with van der Waals surface area (Å²) in [4.78, 5) is 0. The van der Waals surface area contributed by atoms with Gasteiger partial charge in [0.1, 0.15) is 5.75 Å². The summed E-state index contributed by atoms with van der Waals surface area (Å²) >= 11 is 0. The summed E-state index contributed by atoms with van der Waals surface area (Å²) < 4.78 is 5.65. The van der Waals surface area contributed by atoms with E-state index in [1.165, 1.54) is 23.5 Å². The predicted molar refractivity (Wildman–Crippen MR) is 95.2 cm³/mol. The van der Waals surface area contributed by atoms with Crippen molar-refractivity contribution in [3.05, 3.63) is 65.7 Å². The van der Waals surface area contributed by atoms with Crippen molar-refractivity contribution in [2.24, 2.45) is 0 Å². The standard InChI is InChI=1S/C14H21NO2.C6H6O/c1-2-3-4-12-5-7-13(8-6-12)14-11-15(16)9-10-17-14;7-6-4-2-1-3-5-6/h5-8,14,16H,2-4,9-11H2,1H3;1-5,7H. The molecule has 1 aliphatic heterocycles. The lowest BCUT2D eigenvalue weighted by atomic mass is 10.0. The number of phenols is 1. The number of morpholine rings is 1.